The molecule has 242 valence electrons. The fourth-order valence-corrected chi connectivity index (χ4v) is 6.30. The first kappa shape index (κ1) is 31.4. The van der Waals surface area contributed by atoms with Crippen LogP contribution in [-0.2, 0) is 33.4 Å². The zero-order chi connectivity index (χ0) is 34.5. The van der Waals surface area contributed by atoms with Crippen molar-refractivity contribution in [3.8, 4) is 17.4 Å². The Morgan fingerprint density at radius 2 is 1.44 bits per heavy atom. The molecule has 2 aromatic carbocycles. The molecule has 0 spiro atoms. The standard InChI is InChI=1S/C33H27N7O8/c1-17-21(16-34)27(39(36-17)19-12-8-6-9-13-19)35-25-23(30(43)46-3)33(32(45)48-5)24(31(44)47-4)26(41)22-18(2)37-40(20-14-10-7-11-15-20)28(22)38(33)29(25)42/h6-15,24,35H,1-5H3/t24-,33+/m0/s1. The van der Waals surface area contributed by atoms with Gasteiger partial charge in [0.05, 0.1) is 49.7 Å². The van der Waals surface area contributed by atoms with Crippen LogP contribution in [0.3, 0.4) is 0 Å². The second kappa shape index (κ2) is 11.7. The lowest BCUT2D eigenvalue weighted by molar-refractivity contribution is -0.157. The van der Waals surface area contributed by atoms with Crippen molar-refractivity contribution in [2.45, 2.75) is 19.4 Å². The molecule has 0 radical (unpaired) electrons. The zero-order valence-corrected chi connectivity index (χ0v) is 26.3. The normalized spacial score (nSPS) is 18.2. The Kier molecular flexibility index (Phi) is 7.64. The van der Waals surface area contributed by atoms with Gasteiger partial charge in [-0.15, -0.1) is 0 Å². The Morgan fingerprint density at radius 1 is 0.854 bits per heavy atom. The summed E-state index contributed by atoms with van der Waals surface area (Å²) in [6.07, 6.45) is 0. The Morgan fingerprint density at radius 3 is 1.98 bits per heavy atom. The number of nitrogens with zero attached hydrogens (tertiary/aromatic N) is 6. The Hall–Kier alpha value is -6.56. The highest BCUT2D eigenvalue weighted by atomic mass is 16.5. The quantitative estimate of drug-likeness (QED) is 0.175. The van der Waals surface area contributed by atoms with Gasteiger partial charge in [-0.25, -0.2) is 19.0 Å². The van der Waals surface area contributed by atoms with Gasteiger partial charge in [0, 0.05) is 0 Å². The van der Waals surface area contributed by atoms with Crippen molar-refractivity contribution in [2.75, 3.05) is 31.5 Å². The van der Waals surface area contributed by atoms with E-state index < -0.39 is 52.3 Å². The smallest absolute Gasteiger partial charge is 0.339 e. The minimum Gasteiger partial charge on any atom is -0.468 e. The number of hydrogen-bond donors (Lipinski definition) is 1. The lowest BCUT2D eigenvalue weighted by atomic mass is 9.71. The summed E-state index contributed by atoms with van der Waals surface area (Å²) in [6.45, 7) is 3.08. The van der Waals surface area contributed by atoms with Gasteiger partial charge in [0.25, 0.3) is 5.91 Å². The third-order valence-corrected chi connectivity index (χ3v) is 8.32. The Bertz CT molecular complexity index is 2110. The van der Waals surface area contributed by atoms with Crippen molar-refractivity contribution in [3.05, 3.63) is 94.4 Å². The van der Waals surface area contributed by atoms with E-state index in [1.54, 1.807) is 67.6 Å². The van der Waals surface area contributed by atoms with Crippen molar-refractivity contribution in [2.24, 2.45) is 5.92 Å². The lowest BCUT2D eigenvalue weighted by Gasteiger charge is -2.43. The van der Waals surface area contributed by atoms with Gasteiger partial charge in [-0.2, -0.15) is 15.5 Å². The van der Waals surface area contributed by atoms with Gasteiger partial charge in [0.15, 0.2) is 23.3 Å². The number of hydrogen-bond acceptors (Lipinski definition) is 12. The number of rotatable bonds is 7. The lowest BCUT2D eigenvalue weighted by Crippen LogP contribution is -2.67. The minimum atomic E-state index is -2.78. The van der Waals surface area contributed by atoms with E-state index in [4.69, 9.17) is 14.2 Å². The molecule has 15 nitrogen and oxygen atoms in total. The summed E-state index contributed by atoms with van der Waals surface area (Å²) in [5, 5.41) is 22.0. The molecule has 2 atom stereocenters. The number of anilines is 2. The summed E-state index contributed by atoms with van der Waals surface area (Å²) < 4.78 is 17.9. The number of para-hydroxylation sites is 2. The third kappa shape index (κ3) is 4.23. The van der Waals surface area contributed by atoms with Crippen molar-refractivity contribution < 1.29 is 38.2 Å². The predicted molar refractivity (Wildman–Crippen MR) is 166 cm³/mol. The highest BCUT2D eigenvalue weighted by Crippen LogP contribution is 2.52. The second-order valence-corrected chi connectivity index (χ2v) is 10.8. The predicted octanol–water partition coefficient (Wildman–Crippen LogP) is 2.33. The topological polar surface area (TPSA) is 188 Å². The van der Waals surface area contributed by atoms with E-state index in [-0.39, 0.29) is 34.2 Å². The maximum Gasteiger partial charge on any atom is 0.339 e. The number of aryl methyl sites for hydroxylation is 2. The molecule has 4 heterocycles. The number of esters is 3. The van der Waals surface area contributed by atoms with Crippen molar-refractivity contribution in [3.63, 3.8) is 0 Å². The zero-order valence-electron chi connectivity index (χ0n) is 26.3. The minimum absolute atomic E-state index is 0.00631. The summed E-state index contributed by atoms with van der Waals surface area (Å²) in [5.74, 6) is -8.15. The number of methoxy groups -OCH3 is 3. The molecular weight excluding hydrogens is 622 g/mol. The van der Waals surface area contributed by atoms with Crippen LogP contribution < -0.4 is 10.2 Å². The molecule has 1 N–H and O–H groups in total. The molecule has 0 bridgehead atoms. The Balaban J connectivity index is 1.73. The molecule has 2 aliphatic heterocycles. The third-order valence-electron chi connectivity index (χ3n) is 8.32. The molecule has 0 unspecified atom stereocenters. The van der Waals surface area contributed by atoms with E-state index in [0.29, 0.717) is 11.4 Å². The number of carbonyl (C=O) groups is 5. The first-order chi connectivity index (χ1) is 23.1. The molecular formula is C33H27N7O8. The van der Waals surface area contributed by atoms with Gasteiger partial charge < -0.3 is 19.5 Å². The number of carbonyl (C=O) groups excluding carboxylic acids is 5. The fourth-order valence-electron chi connectivity index (χ4n) is 6.30. The molecule has 2 aliphatic rings. The van der Waals surface area contributed by atoms with E-state index >= 15 is 0 Å². The van der Waals surface area contributed by atoms with Crippen molar-refractivity contribution in [1.29, 1.82) is 5.26 Å². The highest BCUT2D eigenvalue weighted by Gasteiger charge is 2.73. The van der Waals surface area contributed by atoms with E-state index in [1.807, 2.05) is 0 Å². The molecule has 48 heavy (non-hydrogen) atoms. The number of fused-ring (bicyclic) bond motifs is 3. The molecule has 6 rings (SSSR count). The van der Waals surface area contributed by atoms with Crippen molar-refractivity contribution >= 4 is 41.2 Å². The average Bonchev–Trinajstić information content (AvgIpc) is 3.71. The van der Waals surface area contributed by atoms with Gasteiger partial charge in [-0.05, 0) is 38.1 Å². The van der Waals surface area contributed by atoms with Crippen LogP contribution in [0.5, 0.6) is 0 Å². The summed E-state index contributed by atoms with van der Waals surface area (Å²) in [7, 11) is 2.99. The van der Waals surface area contributed by atoms with Crippen LogP contribution in [0.15, 0.2) is 71.9 Å². The number of Topliss-reactive ketones (excluding diaryl/α,β-unsaturated/α-hetero) is 1. The van der Waals surface area contributed by atoms with Gasteiger partial charge in [-0.1, -0.05) is 36.4 Å². The highest BCUT2D eigenvalue weighted by molar-refractivity contribution is 6.32. The van der Waals surface area contributed by atoms with E-state index in [0.717, 1.165) is 26.2 Å². The van der Waals surface area contributed by atoms with Gasteiger partial charge in [0.1, 0.15) is 22.9 Å². The SMILES string of the molecule is COC(=O)C1=C(Nc2c(C#N)c(C)nn2-c2ccccc2)C(=O)N2c3c(c(C)nn3-c3ccccc3)C(=O)[C@@H](C(=O)OC)[C@@]12C(=O)OC. The molecule has 0 saturated carbocycles. The number of ketones is 1. The molecule has 0 saturated heterocycles. The van der Waals surface area contributed by atoms with Gasteiger partial charge in [0.2, 0.25) is 5.54 Å². The van der Waals surface area contributed by atoms with Crippen molar-refractivity contribution in [1.82, 2.24) is 19.6 Å². The van der Waals surface area contributed by atoms with E-state index in [1.165, 1.54) is 16.3 Å². The summed E-state index contributed by atoms with van der Waals surface area (Å²) in [4.78, 5) is 72.1. The molecule has 0 fully saturated rings. The first-order valence-corrected chi connectivity index (χ1v) is 14.4. The second-order valence-electron chi connectivity index (χ2n) is 10.8. The van der Waals surface area contributed by atoms with Gasteiger partial charge in [-0.3, -0.25) is 19.3 Å². The summed E-state index contributed by atoms with van der Waals surface area (Å²) in [6, 6.07) is 19.1. The fraction of sp³-hybridized carbons (Fsp3) is 0.212. The number of amides is 1. The van der Waals surface area contributed by atoms with Crippen LogP contribution in [0.1, 0.15) is 27.3 Å². The molecule has 1 amide bonds. The maximum absolute atomic E-state index is 14.9. The number of nitrogens with one attached hydrogen (secondary N) is 1. The molecule has 0 aliphatic carbocycles. The van der Waals surface area contributed by atoms with Gasteiger partial charge >= 0.3 is 17.9 Å². The molecule has 2 aromatic heterocycles. The number of benzene rings is 2. The van der Waals surface area contributed by atoms with Crippen LogP contribution in [0, 0.1) is 31.1 Å². The van der Waals surface area contributed by atoms with Crippen LogP contribution in [0.4, 0.5) is 11.6 Å². The van der Waals surface area contributed by atoms with E-state index in [9.17, 15) is 29.2 Å². The van der Waals surface area contributed by atoms with Crippen LogP contribution in [-0.4, -0.2) is 76.0 Å². The summed E-state index contributed by atoms with van der Waals surface area (Å²) >= 11 is 0. The molecule has 15 heteroatoms. The average molecular weight is 650 g/mol. The van der Waals surface area contributed by atoms with Crippen LogP contribution in [0.25, 0.3) is 11.4 Å². The largest absolute Gasteiger partial charge is 0.468 e. The number of nitriles is 1. The Labute approximate surface area is 272 Å². The molecule has 4 aromatic rings. The first-order valence-electron chi connectivity index (χ1n) is 14.4. The number of aromatic nitrogens is 4. The number of ether oxygens (including phenoxy) is 3. The van der Waals surface area contributed by atoms with Crippen LogP contribution >= 0.6 is 0 Å². The van der Waals surface area contributed by atoms with E-state index in [2.05, 4.69) is 21.6 Å². The van der Waals surface area contributed by atoms with Crippen LogP contribution in [0.2, 0.25) is 0 Å². The maximum atomic E-state index is 14.9. The monoisotopic (exact) mass is 649 g/mol. The summed E-state index contributed by atoms with van der Waals surface area (Å²) in [5.41, 5.74) is -2.95.